The van der Waals surface area contributed by atoms with Gasteiger partial charge in [0, 0.05) is 13.1 Å². The van der Waals surface area contributed by atoms with E-state index >= 15 is 0 Å². The lowest BCUT2D eigenvalue weighted by Crippen LogP contribution is -2.29. The maximum Gasteiger partial charge on any atom is 0.257 e. The molecule has 0 N–H and O–H groups in total. The highest BCUT2D eigenvalue weighted by molar-refractivity contribution is 5.97. The number of hydrogen-bond acceptors (Lipinski definition) is 2. The van der Waals surface area contributed by atoms with Gasteiger partial charge in [0.2, 0.25) is 0 Å². The summed E-state index contributed by atoms with van der Waals surface area (Å²) in [5.41, 5.74) is 5.03. The summed E-state index contributed by atoms with van der Waals surface area (Å²) in [6.07, 6.45) is 3.80. The molecule has 0 radical (unpaired) electrons. The van der Waals surface area contributed by atoms with Crippen molar-refractivity contribution in [2.45, 2.75) is 46.5 Å². The van der Waals surface area contributed by atoms with E-state index in [9.17, 15) is 4.79 Å². The molecule has 1 aromatic carbocycles. The van der Waals surface area contributed by atoms with Crippen LogP contribution in [-0.2, 0) is 12.8 Å². The number of aromatic nitrogens is 2. The van der Waals surface area contributed by atoms with Gasteiger partial charge in [-0.15, -0.1) is 0 Å². The number of benzene rings is 1. The van der Waals surface area contributed by atoms with Crippen molar-refractivity contribution in [2.24, 2.45) is 0 Å². The Labute approximate surface area is 138 Å². The molecule has 2 heterocycles. The van der Waals surface area contributed by atoms with Gasteiger partial charge >= 0.3 is 0 Å². The molecule has 1 amide bonds. The van der Waals surface area contributed by atoms with Gasteiger partial charge in [-0.25, -0.2) is 4.68 Å². The van der Waals surface area contributed by atoms with Crippen LogP contribution in [0.5, 0.6) is 0 Å². The van der Waals surface area contributed by atoms with E-state index in [1.54, 1.807) is 0 Å². The fraction of sp³-hybridized carbons (Fsp3) is 0.474. The van der Waals surface area contributed by atoms with Crippen LogP contribution in [0.15, 0.2) is 24.3 Å². The summed E-state index contributed by atoms with van der Waals surface area (Å²) in [6, 6.07) is 8.32. The van der Waals surface area contributed by atoms with Gasteiger partial charge < -0.3 is 4.90 Å². The summed E-state index contributed by atoms with van der Waals surface area (Å²) in [7, 11) is 0. The first-order chi connectivity index (χ1) is 11.2. The van der Waals surface area contributed by atoms with E-state index in [4.69, 9.17) is 5.10 Å². The first-order valence-corrected chi connectivity index (χ1v) is 8.62. The van der Waals surface area contributed by atoms with Crippen molar-refractivity contribution >= 4 is 5.91 Å². The molecule has 1 aliphatic rings. The molecule has 0 aliphatic carbocycles. The summed E-state index contributed by atoms with van der Waals surface area (Å²) in [5, 5.41) is 4.76. The van der Waals surface area contributed by atoms with Crippen molar-refractivity contribution in [3.05, 3.63) is 46.8 Å². The number of amides is 1. The zero-order valence-electron chi connectivity index (χ0n) is 14.3. The second-order valence-electron chi connectivity index (χ2n) is 6.22. The van der Waals surface area contributed by atoms with Gasteiger partial charge in [0.15, 0.2) is 0 Å². The van der Waals surface area contributed by atoms with Crippen LogP contribution >= 0.6 is 0 Å². The average Bonchev–Trinajstić information content (AvgIpc) is 3.22. The third kappa shape index (κ3) is 2.90. The molecule has 122 valence electrons. The van der Waals surface area contributed by atoms with Crippen LogP contribution in [0.1, 0.15) is 54.0 Å². The van der Waals surface area contributed by atoms with E-state index in [1.165, 1.54) is 5.56 Å². The lowest BCUT2D eigenvalue weighted by molar-refractivity contribution is 0.0790. The number of likely N-dealkylation sites (tertiary alicyclic amines) is 1. The highest BCUT2D eigenvalue weighted by Gasteiger charge is 2.27. The Morgan fingerprint density at radius 2 is 1.74 bits per heavy atom. The van der Waals surface area contributed by atoms with Crippen molar-refractivity contribution in [1.29, 1.82) is 0 Å². The van der Waals surface area contributed by atoms with Crippen molar-refractivity contribution < 1.29 is 4.79 Å². The normalized spacial score (nSPS) is 14.5. The number of nitrogens with zero attached hydrogens (tertiary/aromatic N) is 3. The van der Waals surface area contributed by atoms with Gasteiger partial charge in [-0.1, -0.05) is 31.5 Å². The lowest BCUT2D eigenvalue weighted by Gasteiger charge is -2.16. The van der Waals surface area contributed by atoms with Gasteiger partial charge in [-0.2, -0.15) is 5.10 Å². The van der Waals surface area contributed by atoms with Gasteiger partial charge in [0.1, 0.15) is 0 Å². The summed E-state index contributed by atoms with van der Waals surface area (Å²) < 4.78 is 1.96. The standard InChI is InChI=1S/C19H25N3O/c1-4-16-18(19(23)21-12-6-7-13-21)17(5-2)22(20-16)15-10-8-14(3)9-11-15/h8-11H,4-7,12-13H2,1-3H3. The van der Waals surface area contributed by atoms with Crippen LogP contribution in [-0.4, -0.2) is 33.7 Å². The fourth-order valence-corrected chi connectivity index (χ4v) is 3.30. The highest BCUT2D eigenvalue weighted by Crippen LogP contribution is 2.24. The van der Waals surface area contributed by atoms with E-state index < -0.39 is 0 Å². The maximum atomic E-state index is 13.0. The van der Waals surface area contributed by atoms with Crippen molar-refractivity contribution in [2.75, 3.05) is 13.1 Å². The van der Waals surface area contributed by atoms with Gasteiger partial charge in [-0.05, 0) is 44.7 Å². The minimum absolute atomic E-state index is 0.162. The molecule has 0 atom stereocenters. The molecule has 0 bridgehead atoms. The van der Waals surface area contributed by atoms with Crippen molar-refractivity contribution in [3.63, 3.8) is 0 Å². The van der Waals surface area contributed by atoms with E-state index in [0.29, 0.717) is 0 Å². The Morgan fingerprint density at radius 1 is 1.09 bits per heavy atom. The van der Waals surface area contributed by atoms with Crippen LogP contribution in [0.3, 0.4) is 0 Å². The number of hydrogen-bond donors (Lipinski definition) is 0. The molecule has 0 unspecified atom stereocenters. The molecule has 1 saturated heterocycles. The molecular formula is C19H25N3O. The summed E-state index contributed by atoms with van der Waals surface area (Å²) in [4.78, 5) is 15.0. The Balaban J connectivity index is 2.08. The van der Waals surface area contributed by atoms with Gasteiger partial charge in [0.05, 0.1) is 22.6 Å². The van der Waals surface area contributed by atoms with E-state index in [0.717, 1.165) is 61.4 Å². The van der Waals surface area contributed by atoms with Gasteiger partial charge in [-0.3, -0.25) is 4.79 Å². The number of aryl methyl sites for hydroxylation is 2. The first-order valence-electron chi connectivity index (χ1n) is 8.62. The van der Waals surface area contributed by atoms with E-state index in [2.05, 4.69) is 45.0 Å². The van der Waals surface area contributed by atoms with Crippen LogP contribution in [0.2, 0.25) is 0 Å². The smallest absolute Gasteiger partial charge is 0.257 e. The third-order valence-electron chi connectivity index (χ3n) is 4.61. The topological polar surface area (TPSA) is 38.1 Å². The summed E-state index contributed by atoms with van der Waals surface area (Å²) in [6.45, 7) is 8.00. The summed E-state index contributed by atoms with van der Waals surface area (Å²) in [5.74, 6) is 0.162. The third-order valence-corrected chi connectivity index (χ3v) is 4.61. The minimum Gasteiger partial charge on any atom is -0.339 e. The zero-order valence-corrected chi connectivity index (χ0v) is 14.3. The fourth-order valence-electron chi connectivity index (χ4n) is 3.30. The molecular weight excluding hydrogens is 286 g/mol. The molecule has 1 aliphatic heterocycles. The first kappa shape index (κ1) is 15.8. The van der Waals surface area contributed by atoms with Crippen molar-refractivity contribution in [1.82, 2.24) is 14.7 Å². The molecule has 1 aromatic heterocycles. The zero-order chi connectivity index (χ0) is 16.4. The molecule has 4 heteroatoms. The molecule has 4 nitrogen and oxygen atoms in total. The number of rotatable bonds is 4. The Kier molecular flexibility index (Phi) is 4.51. The predicted molar refractivity (Wildman–Crippen MR) is 92.2 cm³/mol. The molecule has 3 rings (SSSR count). The molecule has 0 saturated carbocycles. The summed E-state index contributed by atoms with van der Waals surface area (Å²) >= 11 is 0. The second kappa shape index (κ2) is 6.57. The SMILES string of the molecule is CCc1nn(-c2ccc(C)cc2)c(CC)c1C(=O)N1CCCC1. The van der Waals surface area contributed by atoms with Crippen LogP contribution in [0.4, 0.5) is 0 Å². The van der Waals surface area contributed by atoms with E-state index in [1.807, 2.05) is 9.58 Å². The minimum atomic E-state index is 0.162. The number of carbonyl (C=O) groups excluding carboxylic acids is 1. The monoisotopic (exact) mass is 311 g/mol. The van der Waals surface area contributed by atoms with Crippen LogP contribution < -0.4 is 0 Å². The molecule has 0 spiro atoms. The second-order valence-corrected chi connectivity index (χ2v) is 6.22. The maximum absolute atomic E-state index is 13.0. The quantitative estimate of drug-likeness (QED) is 0.866. The van der Waals surface area contributed by atoms with Crippen molar-refractivity contribution in [3.8, 4) is 5.69 Å². The van der Waals surface area contributed by atoms with Crippen LogP contribution in [0.25, 0.3) is 5.69 Å². The lowest BCUT2D eigenvalue weighted by atomic mass is 10.1. The molecule has 2 aromatic rings. The largest absolute Gasteiger partial charge is 0.339 e. The van der Waals surface area contributed by atoms with E-state index in [-0.39, 0.29) is 5.91 Å². The predicted octanol–water partition coefficient (Wildman–Crippen LogP) is 3.54. The highest BCUT2D eigenvalue weighted by atomic mass is 16.2. The molecule has 23 heavy (non-hydrogen) atoms. The molecule has 1 fully saturated rings. The van der Waals surface area contributed by atoms with Gasteiger partial charge in [0.25, 0.3) is 5.91 Å². The Morgan fingerprint density at radius 3 is 2.30 bits per heavy atom. The average molecular weight is 311 g/mol. The Hall–Kier alpha value is -2.10. The Bertz CT molecular complexity index is 694. The number of carbonyl (C=O) groups is 1. The van der Waals surface area contributed by atoms with Crippen LogP contribution in [0, 0.1) is 6.92 Å².